The molecule has 3 heteroatoms. The minimum absolute atomic E-state index is 0.164. The molecule has 0 aromatic heterocycles. The minimum atomic E-state index is 0.164. The van der Waals surface area contributed by atoms with Gasteiger partial charge in [0.1, 0.15) is 23.0 Å². The lowest BCUT2D eigenvalue weighted by Crippen LogP contribution is -1.85. The molecule has 0 heterocycles. The molecule has 2 N–H and O–H groups in total. The summed E-state index contributed by atoms with van der Waals surface area (Å²) in [7, 11) is 0. The molecule has 104 valence electrons. The lowest BCUT2D eigenvalue weighted by Gasteiger charge is -2.08. The van der Waals surface area contributed by atoms with E-state index in [1.165, 1.54) is 0 Å². The SMILES string of the molecule is Oc1cccc(Oc2cccc(-c3cccc(O)c3)c2)c1. The fourth-order valence-electron chi connectivity index (χ4n) is 2.11. The van der Waals surface area contributed by atoms with Crippen LogP contribution in [-0.4, -0.2) is 10.2 Å². The molecule has 21 heavy (non-hydrogen) atoms. The Hall–Kier alpha value is -2.94. The van der Waals surface area contributed by atoms with Crippen LogP contribution in [0.2, 0.25) is 0 Å². The highest BCUT2D eigenvalue weighted by Gasteiger charge is 2.03. The molecule has 3 rings (SSSR count). The average molecular weight is 278 g/mol. The van der Waals surface area contributed by atoms with Crippen molar-refractivity contribution in [2.24, 2.45) is 0 Å². The number of benzene rings is 3. The summed E-state index contributed by atoms with van der Waals surface area (Å²) in [6.07, 6.45) is 0. The van der Waals surface area contributed by atoms with Crippen LogP contribution in [0.4, 0.5) is 0 Å². The van der Waals surface area contributed by atoms with Gasteiger partial charge < -0.3 is 14.9 Å². The fraction of sp³-hybridized carbons (Fsp3) is 0. The molecule has 0 bridgehead atoms. The third-order valence-electron chi connectivity index (χ3n) is 3.07. The van der Waals surface area contributed by atoms with Crippen molar-refractivity contribution in [1.82, 2.24) is 0 Å². The van der Waals surface area contributed by atoms with E-state index in [4.69, 9.17) is 4.74 Å². The molecule has 0 aliphatic carbocycles. The van der Waals surface area contributed by atoms with Crippen molar-refractivity contribution in [3.05, 3.63) is 72.8 Å². The Kier molecular flexibility index (Phi) is 3.48. The van der Waals surface area contributed by atoms with Gasteiger partial charge in [-0.25, -0.2) is 0 Å². The summed E-state index contributed by atoms with van der Waals surface area (Å²) >= 11 is 0. The molecule has 3 aromatic carbocycles. The van der Waals surface area contributed by atoms with E-state index in [0.29, 0.717) is 11.5 Å². The van der Waals surface area contributed by atoms with Gasteiger partial charge in [0.05, 0.1) is 0 Å². The van der Waals surface area contributed by atoms with Crippen LogP contribution in [-0.2, 0) is 0 Å². The molecule has 0 aliphatic heterocycles. The first-order valence-electron chi connectivity index (χ1n) is 6.57. The van der Waals surface area contributed by atoms with Gasteiger partial charge in [-0.2, -0.15) is 0 Å². The quantitative estimate of drug-likeness (QED) is 0.738. The standard InChI is InChI=1S/C18H14O3/c19-15-6-1-4-13(10-15)14-5-2-8-17(11-14)21-18-9-3-7-16(20)12-18/h1-12,19-20H. The first-order valence-corrected chi connectivity index (χ1v) is 6.57. The second-order valence-corrected chi connectivity index (χ2v) is 4.68. The number of hydrogen-bond acceptors (Lipinski definition) is 3. The van der Waals surface area contributed by atoms with Crippen LogP contribution in [0.5, 0.6) is 23.0 Å². The van der Waals surface area contributed by atoms with Gasteiger partial charge in [-0.3, -0.25) is 0 Å². The molecule has 0 radical (unpaired) electrons. The lowest BCUT2D eigenvalue weighted by atomic mass is 10.1. The van der Waals surface area contributed by atoms with Gasteiger partial charge in [0, 0.05) is 6.07 Å². The van der Waals surface area contributed by atoms with Gasteiger partial charge in [-0.1, -0.05) is 30.3 Å². The molecule has 3 nitrogen and oxygen atoms in total. The minimum Gasteiger partial charge on any atom is -0.508 e. The number of aromatic hydroxyl groups is 2. The Morgan fingerprint density at radius 2 is 1.10 bits per heavy atom. The second-order valence-electron chi connectivity index (χ2n) is 4.68. The average Bonchev–Trinajstić information content (AvgIpc) is 2.47. The third kappa shape index (κ3) is 3.15. The van der Waals surface area contributed by atoms with Crippen molar-refractivity contribution in [3.63, 3.8) is 0 Å². The van der Waals surface area contributed by atoms with Crippen molar-refractivity contribution in [2.45, 2.75) is 0 Å². The summed E-state index contributed by atoms with van der Waals surface area (Å²) in [5.74, 6) is 1.63. The number of phenolic OH excluding ortho intramolecular Hbond substituents is 2. The molecule has 0 fully saturated rings. The number of ether oxygens (including phenoxy) is 1. The fourth-order valence-corrected chi connectivity index (χ4v) is 2.11. The van der Waals surface area contributed by atoms with E-state index in [1.807, 2.05) is 30.3 Å². The zero-order valence-corrected chi connectivity index (χ0v) is 11.2. The summed E-state index contributed by atoms with van der Waals surface area (Å²) in [6, 6.07) is 21.3. The summed E-state index contributed by atoms with van der Waals surface area (Å²) in [5, 5.41) is 19.0. The van der Waals surface area contributed by atoms with Gasteiger partial charge in [0.2, 0.25) is 0 Å². The van der Waals surface area contributed by atoms with Crippen LogP contribution in [0, 0.1) is 0 Å². The van der Waals surface area contributed by atoms with E-state index < -0.39 is 0 Å². The van der Waals surface area contributed by atoms with Crippen LogP contribution >= 0.6 is 0 Å². The highest BCUT2D eigenvalue weighted by atomic mass is 16.5. The van der Waals surface area contributed by atoms with Gasteiger partial charge in [0.25, 0.3) is 0 Å². The van der Waals surface area contributed by atoms with E-state index in [-0.39, 0.29) is 11.5 Å². The van der Waals surface area contributed by atoms with Gasteiger partial charge in [-0.05, 0) is 47.5 Å². The smallest absolute Gasteiger partial charge is 0.131 e. The van der Waals surface area contributed by atoms with Crippen LogP contribution in [0.25, 0.3) is 11.1 Å². The van der Waals surface area contributed by atoms with E-state index in [2.05, 4.69) is 0 Å². The predicted molar refractivity (Wildman–Crippen MR) is 81.7 cm³/mol. The highest BCUT2D eigenvalue weighted by Crippen LogP contribution is 2.29. The summed E-state index contributed by atoms with van der Waals surface area (Å²) in [6.45, 7) is 0. The number of hydrogen-bond donors (Lipinski definition) is 2. The van der Waals surface area contributed by atoms with Crippen molar-refractivity contribution < 1.29 is 14.9 Å². The number of phenols is 2. The van der Waals surface area contributed by atoms with Crippen molar-refractivity contribution in [1.29, 1.82) is 0 Å². The van der Waals surface area contributed by atoms with E-state index in [0.717, 1.165) is 11.1 Å². The second kappa shape index (κ2) is 5.59. The molecule has 0 saturated carbocycles. The van der Waals surface area contributed by atoms with E-state index in [9.17, 15) is 10.2 Å². The maximum Gasteiger partial charge on any atom is 0.131 e. The van der Waals surface area contributed by atoms with E-state index in [1.54, 1.807) is 42.5 Å². The van der Waals surface area contributed by atoms with Gasteiger partial charge >= 0.3 is 0 Å². The molecule has 3 aromatic rings. The first-order chi connectivity index (χ1) is 10.2. The van der Waals surface area contributed by atoms with Gasteiger partial charge in [0.15, 0.2) is 0 Å². The summed E-state index contributed by atoms with van der Waals surface area (Å²) < 4.78 is 5.73. The molecule has 0 aliphatic rings. The monoisotopic (exact) mass is 278 g/mol. The molecule has 0 unspecified atom stereocenters. The normalized spacial score (nSPS) is 10.3. The molecular formula is C18H14O3. The van der Waals surface area contributed by atoms with E-state index >= 15 is 0 Å². The molecular weight excluding hydrogens is 264 g/mol. The maximum absolute atomic E-state index is 9.55. The Morgan fingerprint density at radius 3 is 1.76 bits per heavy atom. The maximum atomic E-state index is 9.55. The Balaban J connectivity index is 1.90. The summed E-state index contributed by atoms with van der Waals surface area (Å²) in [4.78, 5) is 0. The third-order valence-corrected chi connectivity index (χ3v) is 3.07. The molecule has 0 atom stereocenters. The Bertz CT molecular complexity index is 766. The molecule has 0 saturated heterocycles. The Morgan fingerprint density at radius 1 is 0.571 bits per heavy atom. The predicted octanol–water partition coefficient (Wildman–Crippen LogP) is 4.56. The summed E-state index contributed by atoms with van der Waals surface area (Å²) in [5.41, 5.74) is 1.86. The lowest BCUT2D eigenvalue weighted by molar-refractivity contribution is 0.455. The van der Waals surface area contributed by atoms with Crippen molar-refractivity contribution in [3.8, 4) is 34.1 Å². The first kappa shape index (κ1) is 13.1. The zero-order valence-electron chi connectivity index (χ0n) is 11.2. The van der Waals surface area contributed by atoms with Crippen LogP contribution in [0.15, 0.2) is 72.8 Å². The van der Waals surface area contributed by atoms with Crippen LogP contribution in [0.1, 0.15) is 0 Å². The van der Waals surface area contributed by atoms with Crippen molar-refractivity contribution >= 4 is 0 Å². The Labute approximate surface area is 122 Å². The van der Waals surface area contributed by atoms with Crippen LogP contribution in [0.3, 0.4) is 0 Å². The highest BCUT2D eigenvalue weighted by molar-refractivity contribution is 5.66. The van der Waals surface area contributed by atoms with Crippen molar-refractivity contribution in [2.75, 3.05) is 0 Å². The number of rotatable bonds is 3. The van der Waals surface area contributed by atoms with Gasteiger partial charge in [-0.15, -0.1) is 0 Å². The van der Waals surface area contributed by atoms with Crippen LogP contribution < -0.4 is 4.74 Å². The largest absolute Gasteiger partial charge is 0.508 e. The topological polar surface area (TPSA) is 49.7 Å². The zero-order chi connectivity index (χ0) is 14.7. The molecule has 0 amide bonds. The molecule has 0 spiro atoms.